The minimum absolute atomic E-state index is 0.125. The third-order valence-corrected chi connectivity index (χ3v) is 4.18. The lowest BCUT2D eigenvalue weighted by Crippen LogP contribution is -2.31. The summed E-state index contributed by atoms with van der Waals surface area (Å²) in [6, 6.07) is 2.37. The van der Waals surface area contributed by atoms with E-state index in [1.54, 1.807) is 7.11 Å². The van der Waals surface area contributed by atoms with E-state index in [-0.39, 0.29) is 11.5 Å². The number of hydrogen-bond acceptors (Lipinski definition) is 2. The molecule has 0 aromatic heterocycles. The van der Waals surface area contributed by atoms with E-state index in [0.717, 1.165) is 15.8 Å². The van der Waals surface area contributed by atoms with E-state index in [4.69, 9.17) is 4.74 Å². The Kier molecular flexibility index (Phi) is 4.84. The molecule has 3 heteroatoms. The van der Waals surface area contributed by atoms with Gasteiger partial charge in [0.15, 0.2) is 0 Å². The standard InChI is InChI=1S/C15H24BrNO/c1-9-8-11(16)10(2)12(13(9)18-7)14(17-6)15(3,4)5/h8,14,17H,1-7H3. The Labute approximate surface area is 119 Å². The molecule has 0 aliphatic carbocycles. The third-order valence-electron chi connectivity index (χ3n) is 3.36. The molecule has 1 rings (SSSR count). The minimum atomic E-state index is 0.125. The van der Waals surface area contributed by atoms with Gasteiger partial charge in [-0.3, -0.25) is 0 Å². The average molecular weight is 314 g/mol. The van der Waals surface area contributed by atoms with Gasteiger partial charge in [-0.25, -0.2) is 0 Å². The van der Waals surface area contributed by atoms with Crippen LogP contribution in [0.4, 0.5) is 0 Å². The molecule has 0 radical (unpaired) electrons. The molecule has 1 N–H and O–H groups in total. The molecule has 0 bridgehead atoms. The Morgan fingerprint density at radius 3 is 2.22 bits per heavy atom. The van der Waals surface area contributed by atoms with Crippen molar-refractivity contribution in [2.75, 3.05) is 14.2 Å². The summed E-state index contributed by atoms with van der Waals surface area (Å²) in [7, 11) is 3.75. The van der Waals surface area contributed by atoms with Crippen LogP contribution in [0.5, 0.6) is 5.75 Å². The van der Waals surface area contributed by atoms with Crippen LogP contribution in [0.2, 0.25) is 0 Å². The second-order valence-electron chi connectivity index (χ2n) is 5.83. The SMILES string of the molecule is CNC(c1c(C)c(Br)cc(C)c1OC)C(C)(C)C. The van der Waals surface area contributed by atoms with E-state index >= 15 is 0 Å². The summed E-state index contributed by atoms with van der Waals surface area (Å²) in [5, 5.41) is 3.43. The Morgan fingerprint density at radius 2 is 1.83 bits per heavy atom. The monoisotopic (exact) mass is 313 g/mol. The van der Waals surface area contributed by atoms with Crippen molar-refractivity contribution in [1.29, 1.82) is 0 Å². The molecule has 0 spiro atoms. The molecule has 0 heterocycles. The van der Waals surface area contributed by atoms with Gasteiger partial charge in [0, 0.05) is 16.1 Å². The summed E-state index contributed by atoms with van der Waals surface area (Å²) >= 11 is 3.64. The highest BCUT2D eigenvalue weighted by molar-refractivity contribution is 9.10. The van der Waals surface area contributed by atoms with E-state index in [9.17, 15) is 0 Å². The zero-order valence-corrected chi connectivity index (χ0v) is 14.0. The maximum absolute atomic E-state index is 5.63. The Balaban J connectivity index is 3.55. The molecule has 1 aromatic carbocycles. The molecule has 18 heavy (non-hydrogen) atoms. The van der Waals surface area contributed by atoms with E-state index in [1.807, 2.05) is 7.05 Å². The van der Waals surface area contributed by atoms with Crippen molar-refractivity contribution in [3.05, 3.63) is 27.2 Å². The van der Waals surface area contributed by atoms with Crippen molar-refractivity contribution in [2.24, 2.45) is 5.41 Å². The minimum Gasteiger partial charge on any atom is -0.496 e. The highest BCUT2D eigenvalue weighted by Gasteiger charge is 2.30. The van der Waals surface area contributed by atoms with Gasteiger partial charge in [-0.2, -0.15) is 0 Å². The molecule has 2 nitrogen and oxygen atoms in total. The van der Waals surface area contributed by atoms with Gasteiger partial charge in [-0.15, -0.1) is 0 Å². The zero-order chi connectivity index (χ0) is 14.1. The van der Waals surface area contributed by atoms with Crippen LogP contribution < -0.4 is 10.1 Å². The van der Waals surface area contributed by atoms with E-state index < -0.39 is 0 Å². The van der Waals surface area contributed by atoms with E-state index in [0.29, 0.717) is 0 Å². The smallest absolute Gasteiger partial charge is 0.126 e. The number of halogens is 1. The molecular weight excluding hydrogens is 290 g/mol. The van der Waals surface area contributed by atoms with Crippen molar-refractivity contribution < 1.29 is 4.74 Å². The van der Waals surface area contributed by atoms with Gasteiger partial charge >= 0.3 is 0 Å². The van der Waals surface area contributed by atoms with Crippen LogP contribution in [-0.2, 0) is 0 Å². The summed E-state index contributed by atoms with van der Waals surface area (Å²) in [5.74, 6) is 0.991. The summed E-state index contributed by atoms with van der Waals surface area (Å²) < 4.78 is 6.77. The van der Waals surface area contributed by atoms with Gasteiger partial charge in [0.2, 0.25) is 0 Å². The molecule has 0 fully saturated rings. The predicted octanol–water partition coefficient (Wildman–Crippen LogP) is 4.38. The largest absolute Gasteiger partial charge is 0.496 e. The van der Waals surface area contributed by atoms with Crippen molar-refractivity contribution in [2.45, 2.75) is 40.7 Å². The number of methoxy groups -OCH3 is 1. The number of benzene rings is 1. The van der Waals surface area contributed by atoms with Crippen molar-refractivity contribution in [3.63, 3.8) is 0 Å². The van der Waals surface area contributed by atoms with Gasteiger partial charge in [0.25, 0.3) is 0 Å². The first-order valence-corrected chi connectivity index (χ1v) is 7.04. The molecule has 0 amide bonds. The Hall–Kier alpha value is -0.540. The quantitative estimate of drug-likeness (QED) is 0.894. The third kappa shape index (κ3) is 2.89. The first kappa shape index (κ1) is 15.5. The average Bonchev–Trinajstić information content (AvgIpc) is 2.24. The lowest BCUT2D eigenvalue weighted by atomic mass is 9.80. The summed E-state index contributed by atoms with van der Waals surface area (Å²) in [5.41, 5.74) is 3.78. The molecule has 1 atom stereocenters. The number of nitrogens with one attached hydrogen (secondary N) is 1. The highest BCUT2D eigenvalue weighted by Crippen LogP contribution is 2.42. The van der Waals surface area contributed by atoms with Crippen LogP contribution >= 0.6 is 15.9 Å². The van der Waals surface area contributed by atoms with Crippen molar-refractivity contribution in [3.8, 4) is 5.75 Å². The second kappa shape index (κ2) is 5.62. The van der Waals surface area contributed by atoms with Gasteiger partial charge < -0.3 is 10.1 Å². The van der Waals surface area contributed by atoms with Crippen LogP contribution in [0.3, 0.4) is 0 Å². The van der Waals surface area contributed by atoms with E-state index in [1.165, 1.54) is 11.1 Å². The molecular formula is C15H24BrNO. The maximum Gasteiger partial charge on any atom is 0.126 e. The maximum atomic E-state index is 5.63. The number of rotatable bonds is 3. The van der Waals surface area contributed by atoms with Crippen LogP contribution in [0, 0.1) is 19.3 Å². The Bertz CT molecular complexity index is 435. The highest BCUT2D eigenvalue weighted by atomic mass is 79.9. The van der Waals surface area contributed by atoms with Crippen molar-refractivity contribution >= 4 is 15.9 Å². The molecule has 0 aliphatic rings. The molecule has 1 aromatic rings. The number of ether oxygens (including phenoxy) is 1. The molecule has 102 valence electrons. The predicted molar refractivity (Wildman–Crippen MR) is 81.4 cm³/mol. The fourth-order valence-corrected chi connectivity index (χ4v) is 3.06. The topological polar surface area (TPSA) is 21.3 Å². The second-order valence-corrected chi connectivity index (χ2v) is 6.69. The molecule has 0 saturated heterocycles. The summed E-state index contributed by atoms with van der Waals surface area (Å²) in [4.78, 5) is 0. The zero-order valence-electron chi connectivity index (χ0n) is 12.4. The lowest BCUT2D eigenvalue weighted by Gasteiger charge is -2.33. The van der Waals surface area contributed by atoms with Crippen LogP contribution in [0.15, 0.2) is 10.5 Å². The van der Waals surface area contributed by atoms with Gasteiger partial charge in [-0.1, -0.05) is 36.7 Å². The van der Waals surface area contributed by atoms with Gasteiger partial charge in [0.05, 0.1) is 7.11 Å². The van der Waals surface area contributed by atoms with Crippen LogP contribution in [0.25, 0.3) is 0 Å². The fraction of sp³-hybridized carbons (Fsp3) is 0.600. The fourth-order valence-electron chi connectivity index (χ4n) is 2.50. The molecule has 0 saturated carbocycles. The van der Waals surface area contributed by atoms with Crippen LogP contribution in [0.1, 0.15) is 43.5 Å². The molecule has 1 unspecified atom stereocenters. The Morgan fingerprint density at radius 1 is 1.28 bits per heavy atom. The first-order valence-electron chi connectivity index (χ1n) is 6.24. The van der Waals surface area contributed by atoms with Gasteiger partial charge in [-0.05, 0) is 43.5 Å². The van der Waals surface area contributed by atoms with Crippen LogP contribution in [-0.4, -0.2) is 14.2 Å². The number of aryl methyl sites for hydroxylation is 1. The summed E-state index contributed by atoms with van der Waals surface area (Å²) in [6.07, 6.45) is 0. The lowest BCUT2D eigenvalue weighted by molar-refractivity contribution is 0.276. The van der Waals surface area contributed by atoms with E-state index in [2.05, 4.69) is 61.9 Å². The summed E-state index contributed by atoms with van der Waals surface area (Å²) in [6.45, 7) is 10.9. The molecule has 0 aliphatic heterocycles. The number of hydrogen-bond donors (Lipinski definition) is 1. The van der Waals surface area contributed by atoms with Crippen molar-refractivity contribution in [1.82, 2.24) is 5.32 Å². The first-order chi connectivity index (χ1) is 8.23. The van der Waals surface area contributed by atoms with Gasteiger partial charge in [0.1, 0.15) is 5.75 Å². The normalized spacial score (nSPS) is 13.6.